The van der Waals surface area contributed by atoms with Crippen LogP contribution in [0.25, 0.3) is 0 Å². The first kappa shape index (κ1) is 29.9. The van der Waals surface area contributed by atoms with Gasteiger partial charge in [0.1, 0.15) is 18.3 Å². The standard InChI is InChI=1S/C34H42O5Si/c1-7-36-30(35)25-17-24-29-32(38-34(5,6)37-29)31(26-18-11-8-12-19-26)39-40(33(2,3)4,27-20-13-9-14-21-27)28-22-15-10-16-23-28/h8-24,29,31-32H,7,25H2,1-6H3/b24-17+/t29-,31-,32+/m1/s1. The summed E-state index contributed by atoms with van der Waals surface area (Å²) in [6.07, 6.45) is 2.59. The fourth-order valence-electron chi connectivity index (χ4n) is 5.57. The molecule has 0 unspecified atom stereocenters. The number of benzene rings is 3. The summed E-state index contributed by atoms with van der Waals surface area (Å²) in [5.74, 6) is -1.09. The maximum Gasteiger partial charge on any atom is 0.309 e. The van der Waals surface area contributed by atoms with Gasteiger partial charge in [0, 0.05) is 0 Å². The van der Waals surface area contributed by atoms with Crippen molar-refractivity contribution in [1.29, 1.82) is 0 Å². The zero-order chi connectivity index (χ0) is 28.8. The molecular weight excluding hydrogens is 516 g/mol. The normalized spacial score (nSPS) is 19.9. The number of carbonyl (C=O) groups excluding carboxylic acids is 1. The minimum absolute atomic E-state index is 0.173. The number of ether oxygens (including phenoxy) is 3. The SMILES string of the molecule is CCOC(=O)C/C=C/[C@H]1OC(C)(C)O[C@@H]1[C@H](O[Si](c1ccccc1)(c1ccccc1)C(C)(C)C)c1ccccc1. The molecular formula is C34H42O5Si. The van der Waals surface area contributed by atoms with E-state index in [0.29, 0.717) is 6.61 Å². The molecule has 4 rings (SSSR count). The van der Waals surface area contributed by atoms with Crippen molar-refractivity contribution in [2.24, 2.45) is 0 Å². The lowest BCUT2D eigenvalue weighted by Crippen LogP contribution is -2.67. The van der Waals surface area contributed by atoms with Crippen LogP contribution in [0.4, 0.5) is 0 Å². The summed E-state index contributed by atoms with van der Waals surface area (Å²) in [4.78, 5) is 12.0. The molecule has 1 heterocycles. The first-order valence-electron chi connectivity index (χ1n) is 14.1. The first-order valence-corrected chi connectivity index (χ1v) is 16.0. The summed E-state index contributed by atoms with van der Waals surface area (Å²) >= 11 is 0. The summed E-state index contributed by atoms with van der Waals surface area (Å²) in [6, 6.07) is 31.5. The predicted molar refractivity (Wildman–Crippen MR) is 162 cm³/mol. The van der Waals surface area contributed by atoms with Crippen LogP contribution in [0.1, 0.15) is 59.6 Å². The van der Waals surface area contributed by atoms with Crippen LogP contribution in [0.5, 0.6) is 0 Å². The fraction of sp³-hybridized carbons (Fsp3) is 0.382. The van der Waals surface area contributed by atoms with E-state index in [2.05, 4.69) is 81.4 Å². The van der Waals surface area contributed by atoms with Gasteiger partial charge >= 0.3 is 5.97 Å². The molecule has 0 saturated carbocycles. The summed E-state index contributed by atoms with van der Waals surface area (Å²) < 4.78 is 25.8. The van der Waals surface area contributed by atoms with Crippen LogP contribution in [0, 0.1) is 0 Å². The second-order valence-corrected chi connectivity index (χ2v) is 15.9. The molecule has 1 aliphatic heterocycles. The molecule has 3 aromatic carbocycles. The molecule has 212 valence electrons. The Kier molecular flexibility index (Phi) is 9.47. The van der Waals surface area contributed by atoms with Gasteiger partial charge in [0.15, 0.2) is 5.79 Å². The molecule has 6 heteroatoms. The van der Waals surface area contributed by atoms with E-state index in [1.165, 1.54) is 10.4 Å². The van der Waals surface area contributed by atoms with E-state index in [1.54, 1.807) is 6.92 Å². The smallest absolute Gasteiger partial charge is 0.309 e. The van der Waals surface area contributed by atoms with Gasteiger partial charge in [0.25, 0.3) is 8.32 Å². The van der Waals surface area contributed by atoms with Crippen molar-refractivity contribution >= 4 is 24.7 Å². The Labute approximate surface area is 240 Å². The zero-order valence-corrected chi connectivity index (χ0v) is 25.5. The quantitative estimate of drug-likeness (QED) is 0.165. The lowest BCUT2D eigenvalue weighted by Gasteiger charge is -2.46. The Balaban J connectivity index is 1.85. The van der Waals surface area contributed by atoms with E-state index in [1.807, 2.05) is 56.3 Å². The van der Waals surface area contributed by atoms with Crippen molar-refractivity contribution in [2.75, 3.05) is 6.61 Å². The maximum absolute atomic E-state index is 12.0. The number of rotatable bonds is 10. The molecule has 1 aliphatic rings. The third kappa shape index (κ3) is 6.64. The van der Waals surface area contributed by atoms with Crippen LogP contribution in [-0.2, 0) is 23.4 Å². The average molecular weight is 559 g/mol. The van der Waals surface area contributed by atoms with Gasteiger partial charge in [-0.05, 0) is 41.7 Å². The molecule has 40 heavy (non-hydrogen) atoms. The van der Waals surface area contributed by atoms with Crippen molar-refractivity contribution in [3.8, 4) is 0 Å². The molecule has 0 spiro atoms. The second-order valence-electron chi connectivity index (χ2n) is 11.6. The van der Waals surface area contributed by atoms with Crippen LogP contribution in [-0.4, -0.2) is 38.9 Å². The van der Waals surface area contributed by atoms with Gasteiger partial charge in [-0.15, -0.1) is 0 Å². The highest BCUT2D eigenvalue weighted by atomic mass is 28.4. The van der Waals surface area contributed by atoms with E-state index in [4.69, 9.17) is 18.6 Å². The number of esters is 1. The van der Waals surface area contributed by atoms with Crippen molar-refractivity contribution in [3.63, 3.8) is 0 Å². The van der Waals surface area contributed by atoms with Crippen LogP contribution in [0.3, 0.4) is 0 Å². The average Bonchev–Trinajstić information content (AvgIpc) is 3.24. The van der Waals surface area contributed by atoms with E-state index >= 15 is 0 Å². The Morgan fingerprint density at radius 3 is 1.93 bits per heavy atom. The topological polar surface area (TPSA) is 54.0 Å². The van der Waals surface area contributed by atoms with Crippen LogP contribution in [0.2, 0.25) is 5.04 Å². The van der Waals surface area contributed by atoms with E-state index in [-0.39, 0.29) is 17.4 Å². The molecule has 0 bridgehead atoms. The molecule has 0 aromatic heterocycles. The Bertz CT molecular complexity index is 1210. The molecule has 3 atom stereocenters. The summed E-state index contributed by atoms with van der Waals surface area (Å²) in [6.45, 7) is 12.8. The summed E-state index contributed by atoms with van der Waals surface area (Å²) in [5, 5.41) is 2.18. The summed E-state index contributed by atoms with van der Waals surface area (Å²) in [7, 11) is -2.93. The van der Waals surface area contributed by atoms with Gasteiger partial charge in [0.2, 0.25) is 0 Å². The molecule has 0 amide bonds. The molecule has 3 aromatic rings. The molecule has 1 fully saturated rings. The molecule has 0 aliphatic carbocycles. The number of hydrogen-bond donors (Lipinski definition) is 0. The molecule has 1 saturated heterocycles. The maximum atomic E-state index is 12.0. The van der Waals surface area contributed by atoms with E-state index < -0.39 is 32.4 Å². The van der Waals surface area contributed by atoms with Gasteiger partial charge in [-0.3, -0.25) is 4.79 Å². The largest absolute Gasteiger partial charge is 0.466 e. The molecule has 5 nitrogen and oxygen atoms in total. The summed E-state index contributed by atoms with van der Waals surface area (Å²) in [5.41, 5.74) is 1.02. The molecule has 0 N–H and O–H groups in total. The lowest BCUT2D eigenvalue weighted by atomic mass is 10.00. The minimum atomic E-state index is -2.93. The Morgan fingerprint density at radius 1 is 0.900 bits per heavy atom. The minimum Gasteiger partial charge on any atom is -0.466 e. The Morgan fingerprint density at radius 2 is 1.43 bits per heavy atom. The van der Waals surface area contributed by atoms with Crippen LogP contribution >= 0.6 is 0 Å². The van der Waals surface area contributed by atoms with E-state index in [0.717, 1.165) is 5.56 Å². The van der Waals surface area contributed by atoms with E-state index in [9.17, 15) is 4.79 Å². The third-order valence-electron chi connectivity index (χ3n) is 7.23. The molecule has 0 radical (unpaired) electrons. The number of hydrogen-bond acceptors (Lipinski definition) is 5. The van der Waals surface area contributed by atoms with Gasteiger partial charge in [-0.25, -0.2) is 0 Å². The third-order valence-corrected chi connectivity index (χ3v) is 12.2. The highest BCUT2D eigenvalue weighted by molar-refractivity contribution is 6.99. The predicted octanol–water partition coefficient (Wildman–Crippen LogP) is 6.33. The second kappa shape index (κ2) is 12.6. The van der Waals surface area contributed by atoms with Crippen molar-refractivity contribution < 1.29 is 23.4 Å². The highest BCUT2D eigenvalue weighted by Gasteiger charge is 2.54. The number of carbonyl (C=O) groups is 1. The van der Waals surface area contributed by atoms with Gasteiger partial charge < -0.3 is 18.6 Å². The van der Waals surface area contributed by atoms with Crippen molar-refractivity contribution in [2.45, 2.75) is 77.1 Å². The van der Waals surface area contributed by atoms with Crippen LogP contribution in [0.15, 0.2) is 103 Å². The van der Waals surface area contributed by atoms with Crippen LogP contribution < -0.4 is 10.4 Å². The van der Waals surface area contributed by atoms with Gasteiger partial charge in [0.05, 0.1) is 13.0 Å². The lowest BCUT2D eigenvalue weighted by molar-refractivity contribution is -0.152. The fourth-order valence-corrected chi connectivity index (χ4v) is 10.2. The van der Waals surface area contributed by atoms with Gasteiger partial charge in [-0.2, -0.15) is 0 Å². The first-order chi connectivity index (χ1) is 19.1. The van der Waals surface area contributed by atoms with Crippen molar-refractivity contribution in [3.05, 3.63) is 109 Å². The Hall–Kier alpha value is -3.03. The monoisotopic (exact) mass is 558 g/mol. The highest BCUT2D eigenvalue weighted by Crippen LogP contribution is 2.44. The van der Waals surface area contributed by atoms with Crippen molar-refractivity contribution in [1.82, 2.24) is 0 Å². The van der Waals surface area contributed by atoms with Gasteiger partial charge in [-0.1, -0.05) is 124 Å². The zero-order valence-electron chi connectivity index (χ0n) is 24.5.